The molecule has 1 aromatic carbocycles. The Labute approximate surface area is 164 Å². The molecule has 0 aliphatic carbocycles. The van der Waals surface area contributed by atoms with Crippen LogP contribution in [-0.2, 0) is 17.6 Å². The van der Waals surface area contributed by atoms with Crippen LogP contribution in [-0.4, -0.2) is 52.7 Å². The summed E-state index contributed by atoms with van der Waals surface area (Å²) in [6, 6.07) is 8.94. The highest BCUT2D eigenvalue weighted by molar-refractivity contribution is 5.79. The molecule has 7 nitrogen and oxygen atoms in total. The lowest BCUT2D eigenvalue weighted by molar-refractivity contribution is 0.0384. The van der Waals surface area contributed by atoms with E-state index in [0.717, 1.165) is 68.2 Å². The molecule has 2 aliphatic heterocycles. The predicted molar refractivity (Wildman–Crippen MR) is 111 cm³/mol. The number of nitrogens with one attached hydrogen (secondary N) is 2. The highest BCUT2D eigenvalue weighted by atomic mass is 16.5. The normalized spacial score (nSPS) is 19.7. The molecule has 1 unspecified atom stereocenters. The fourth-order valence-electron chi connectivity index (χ4n) is 4.27. The number of anilines is 2. The number of nitrogen functional groups attached to an aromatic ring is 1. The highest BCUT2D eigenvalue weighted by Crippen LogP contribution is 2.37. The number of imidazole rings is 1. The minimum Gasteiger partial charge on any atom is -0.384 e. The number of rotatable bonds is 4. The van der Waals surface area contributed by atoms with E-state index in [9.17, 15) is 0 Å². The van der Waals surface area contributed by atoms with Crippen LogP contribution in [0.2, 0.25) is 0 Å². The lowest BCUT2D eigenvalue weighted by Gasteiger charge is -2.26. The van der Waals surface area contributed by atoms with Gasteiger partial charge in [0.15, 0.2) is 5.65 Å². The molecule has 0 saturated carbocycles. The molecule has 2 aliphatic rings. The van der Waals surface area contributed by atoms with Crippen LogP contribution >= 0.6 is 0 Å². The van der Waals surface area contributed by atoms with E-state index in [0.29, 0.717) is 5.82 Å². The summed E-state index contributed by atoms with van der Waals surface area (Å²) in [4.78, 5) is 14.7. The third-order valence-electron chi connectivity index (χ3n) is 5.74. The maximum absolute atomic E-state index is 6.04. The van der Waals surface area contributed by atoms with Crippen molar-refractivity contribution in [2.24, 2.45) is 0 Å². The van der Waals surface area contributed by atoms with Crippen molar-refractivity contribution in [2.75, 3.05) is 43.9 Å². The Morgan fingerprint density at radius 1 is 1.21 bits per heavy atom. The molecule has 0 spiro atoms. The van der Waals surface area contributed by atoms with Crippen LogP contribution in [0.15, 0.2) is 24.3 Å². The number of aromatic nitrogens is 3. The van der Waals surface area contributed by atoms with Crippen molar-refractivity contribution in [3.8, 4) is 0 Å². The van der Waals surface area contributed by atoms with Crippen molar-refractivity contribution in [3.63, 3.8) is 0 Å². The van der Waals surface area contributed by atoms with Crippen LogP contribution in [0.4, 0.5) is 11.5 Å². The largest absolute Gasteiger partial charge is 0.384 e. The number of morpholine rings is 1. The van der Waals surface area contributed by atoms with Gasteiger partial charge in [-0.05, 0) is 43.0 Å². The smallest absolute Gasteiger partial charge is 0.160 e. The van der Waals surface area contributed by atoms with Gasteiger partial charge in [0.25, 0.3) is 0 Å². The monoisotopic (exact) mass is 378 g/mol. The number of aryl methyl sites for hydroxylation is 1. The van der Waals surface area contributed by atoms with Gasteiger partial charge in [-0.25, -0.2) is 9.97 Å². The van der Waals surface area contributed by atoms with Gasteiger partial charge in [-0.15, -0.1) is 0 Å². The number of H-pyrrole nitrogens is 1. The van der Waals surface area contributed by atoms with Crippen molar-refractivity contribution < 1.29 is 4.74 Å². The van der Waals surface area contributed by atoms with Crippen molar-refractivity contribution in [2.45, 2.75) is 25.8 Å². The van der Waals surface area contributed by atoms with E-state index in [1.807, 2.05) is 13.0 Å². The van der Waals surface area contributed by atoms with E-state index >= 15 is 0 Å². The molecule has 4 heterocycles. The van der Waals surface area contributed by atoms with Crippen LogP contribution in [0.3, 0.4) is 0 Å². The number of fused-ring (bicyclic) bond motifs is 2. The Bertz CT molecular complexity index is 1010. The third kappa shape index (κ3) is 3.31. The van der Waals surface area contributed by atoms with Crippen molar-refractivity contribution in [1.82, 2.24) is 19.9 Å². The molecule has 0 radical (unpaired) electrons. The zero-order chi connectivity index (χ0) is 19.1. The lowest BCUT2D eigenvalue weighted by Crippen LogP contribution is -2.37. The molecular weight excluding hydrogens is 352 g/mol. The van der Waals surface area contributed by atoms with Crippen molar-refractivity contribution in [3.05, 3.63) is 46.8 Å². The van der Waals surface area contributed by atoms with Crippen LogP contribution < -0.4 is 11.1 Å². The maximum Gasteiger partial charge on any atom is 0.160 e. The van der Waals surface area contributed by atoms with Gasteiger partial charge in [0.05, 0.1) is 19.3 Å². The Kier molecular flexibility index (Phi) is 4.41. The molecule has 4 N–H and O–H groups in total. The first-order chi connectivity index (χ1) is 13.7. The number of nitrogens with two attached hydrogens (primary N) is 1. The standard InChI is InChI=1S/C21H26N6O/c1-13-23-20-16(12-19(22)26-21(20)24-13)18-11-15-3-2-14(10-17(15)25-18)4-5-27-6-8-28-9-7-27/h2-3,10,12,18,25H,4-9,11H2,1H3,(H3,22,23,24,26). The van der Waals surface area contributed by atoms with Crippen LogP contribution in [0.1, 0.15) is 28.6 Å². The van der Waals surface area contributed by atoms with Gasteiger partial charge in [0, 0.05) is 30.9 Å². The SMILES string of the molecule is Cc1nc2c(C3Cc4ccc(CCN5CCOCC5)cc4N3)cc(N)nc2[nH]1. The Morgan fingerprint density at radius 3 is 2.93 bits per heavy atom. The summed E-state index contributed by atoms with van der Waals surface area (Å²) in [6.07, 6.45) is 1.99. The van der Waals surface area contributed by atoms with Crippen molar-refractivity contribution in [1.29, 1.82) is 0 Å². The summed E-state index contributed by atoms with van der Waals surface area (Å²) in [5.74, 6) is 1.38. The number of hydrogen-bond donors (Lipinski definition) is 3. The first-order valence-electron chi connectivity index (χ1n) is 9.97. The number of aromatic amines is 1. The summed E-state index contributed by atoms with van der Waals surface area (Å²) in [7, 11) is 0. The summed E-state index contributed by atoms with van der Waals surface area (Å²) in [6.45, 7) is 6.80. The molecule has 0 bridgehead atoms. The summed E-state index contributed by atoms with van der Waals surface area (Å²) < 4.78 is 5.43. The highest BCUT2D eigenvalue weighted by Gasteiger charge is 2.25. The average molecular weight is 378 g/mol. The summed E-state index contributed by atoms with van der Waals surface area (Å²) in [5.41, 5.74) is 12.8. The van der Waals surface area contributed by atoms with E-state index in [4.69, 9.17) is 10.5 Å². The van der Waals surface area contributed by atoms with Gasteiger partial charge in [-0.3, -0.25) is 4.90 Å². The molecule has 5 rings (SSSR count). The summed E-state index contributed by atoms with van der Waals surface area (Å²) >= 11 is 0. The van der Waals surface area contributed by atoms with Gasteiger partial charge < -0.3 is 20.8 Å². The van der Waals surface area contributed by atoms with Crippen LogP contribution in [0.25, 0.3) is 11.2 Å². The lowest BCUT2D eigenvalue weighted by atomic mass is 10.0. The molecule has 28 heavy (non-hydrogen) atoms. The molecule has 2 aromatic heterocycles. The molecule has 3 aromatic rings. The first-order valence-corrected chi connectivity index (χ1v) is 9.97. The van der Waals surface area contributed by atoms with Gasteiger partial charge in [-0.1, -0.05) is 12.1 Å². The molecule has 1 fully saturated rings. The zero-order valence-electron chi connectivity index (χ0n) is 16.2. The summed E-state index contributed by atoms with van der Waals surface area (Å²) in [5, 5.41) is 3.69. The predicted octanol–water partition coefficient (Wildman–Crippen LogP) is 2.43. The first kappa shape index (κ1) is 17.5. The third-order valence-corrected chi connectivity index (χ3v) is 5.74. The number of hydrogen-bond acceptors (Lipinski definition) is 6. The topological polar surface area (TPSA) is 92.1 Å². The molecule has 146 valence electrons. The molecule has 0 amide bonds. The number of pyridine rings is 1. The second-order valence-corrected chi connectivity index (χ2v) is 7.75. The minimum atomic E-state index is 0.167. The van der Waals surface area contributed by atoms with Gasteiger partial charge in [0.1, 0.15) is 17.2 Å². The van der Waals surface area contributed by atoms with Crippen LogP contribution in [0, 0.1) is 6.92 Å². The number of benzene rings is 1. The fourth-order valence-corrected chi connectivity index (χ4v) is 4.27. The molecule has 7 heteroatoms. The van der Waals surface area contributed by atoms with E-state index in [1.54, 1.807) is 0 Å². The van der Waals surface area contributed by atoms with E-state index in [2.05, 4.69) is 43.4 Å². The molecular formula is C21H26N6O. The van der Waals surface area contributed by atoms with Crippen LogP contribution in [0.5, 0.6) is 0 Å². The second kappa shape index (κ2) is 7.07. The van der Waals surface area contributed by atoms with E-state index in [1.165, 1.54) is 16.8 Å². The second-order valence-electron chi connectivity index (χ2n) is 7.75. The number of nitrogens with zero attached hydrogens (tertiary/aromatic N) is 3. The number of ether oxygens (including phenoxy) is 1. The Balaban J connectivity index is 1.34. The van der Waals surface area contributed by atoms with Gasteiger partial charge >= 0.3 is 0 Å². The van der Waals surface area contributed by atoms with E-state index < -0.39 is 0 Å². The fraction of sp³-hybridized carbons (Fsp3) is 0.429. The van der Waals surface area contributed by atoms with Gasteiger partial charge in [-0.2, -0.15) is 0 Å². The maximum atomic E-state index is 6.04. The molecule has 1 saturated heterocycles. The van der Waals surface area contributed by atoms with E-state index in [-0.39, 0.29) is 6.04 Å². The zero-order valence-corrected chi connectivity index (χ0v) is 16.2. The Morgan fingerprint density at radius 2 is 2.07 bits per heavy atom. The van der Waals surface area contributed by atoms with Gasteiger partial charge in [0.2, 0.25) is 0 Å². The Hall–Kier alpha value is -2.64. The van der Waals surface area contributed by atoms with Crippen molar-refractivity contribution >= 4 is 22.7 Å². The molecule has 1 atom stereocenters. The quantitative estimate of drug-likeness (QED) is 0.646. The minimum absolute atomic E-state index is 0.167. The average Bonchev–Trinajstić information content (AvgIpc) is 3.28.